The van der Waals surface area contributed by atoms with E-state index in [-0.39, 0.29) is 36.4 Å². The van der Waals surface area contributed by atoms with E-state index in [2.05, 4.69) is 10.0 Å². The zero-order valence-electron chi connectivity index (χ0n) is 16.0. The predicted molar refractivity (Wildman–Crippen MR) is 107 cm³/mol. The van der Waals surface area contributed by atoms with Crippen LogP contribution < -0.4 is 10.0 Å². The van der Waals surface area contributed by atoms with E-state index in [1.54, 1.807) is 24.3 Å². The van der Waals surface area contributed by atoms with Crippen molar-refractivity contribution in [3.63, 3.8) is 0 Å². The van der Waals surface area contributed by atoms with Gasteiger partial charge in [-0.1, -0.05) is 50.3 Å². The summed E-state index contributed by atoms with van der Waals surface area (Å²) in [4.78, 5) is 12.5. The van der Waals surface area contributed by atoms with E-state index in [9.17, 15) is 13.2 Å². The van der Waals surface area contributed by atoms with Gasteiger partial charge in [-0.2, -0.15) is 0 Å². The van der Waals surface area contributed by atoms with Crippen molar-refractivity contribution in [1.29, 1.82) is 0 Å². The number of ether oxygens (including phenoxy) is 2. The molecule has 8 heteroatoms. The second-order valence-corrected chi connectivity index (χ2v) is 9.15. The minimum Gasteiger partial charge on any atom is -0.368 e. The van der Waals surface area contributed by atoms with Crippen molar-refractivity contribution in [3.05, 3.63) is 54.1 Å². The van der Waals surface area contributed by atoms with Gasteiger partial charge in [0.05, 0.1) is 12.4 Å². The molecule has 2 aliphatic rings. The molecule has 1 aromatic carbocycles. The van der Waals surface area contributed by atoms with Crippen molar-refractivity contribution in [2.45, 2.75) is 37.9 Å². The minimum absolute atomic E-state index is 0.145. The third-order valence-corrected chi connectivity index (χ3v) is 5.67. The molecule has 1 aliphatic heterocycles. The Bertz CT molecular complexity index is 863. The first-order valence-corrected chi connectivity index (χ1v) is 11.0. The van der Waals surface area contributed by atoms with Crippen molar-refractivity contribution >= 4 is 21.6 Å². The molecule has 1 amide bonds. The van der Waals surface area contributed by atoms with Crippen LogP contribution in [0.5, 0.6) is 0 Å². The molecule has 0 radical (unpaired) electrons. The lowest BCUT2D eigenvalue weighted by atomic mass is 10.1. The Hall–Kier alpha value is -2.00. The third kappa shape index (κ3) is 5.75. The van der Waals surface area contributed by atoms with Gasteiger partial charge in [-0.3, -0.25) is 4.79 Å². The largest absolute Gasteiger partial charge is 0.368 e. The zero-order chi connectivity index (χ0) is 20.1. The number of anilines is 1. The summed E-state index contributed by atoms with van der Waals surface area (Å²) < 4.78 is 38.4. The molecule has 0 bridgehead atoms. The highest BCUT2D eigenvalue weighted by Crippen LogP contribution is 2.21. The number of hydrogen-bond acceptors (Lipinski definition) is 5. The molecule has 0 unspecified atom stereocenters. The van der Waals surface area contributed by atoms with Crippen molar-refractivity contribution in [2.24, 2.45) is 5.92 Å². The van der Waals surface area contributed by atoms with Crippen LogP contribution in [0.15, 0.2) is 48.6 Å². The quantitative estimate of drug-likeness (QED) is 0.722. The summed E-state index contributed by atoms with van der Waals surface area (Å²) >= 11 is 0. The number of rotatable bonds is 7. The number of carbonyl (C=O) groups excluding carboxylic acids is 1. The molecule has 1 saturated heterocycles. The first-order chi connectivity index (χ1) is 13.3. The highest BCUT2D eigenvalue weighted by molar-refractivity contribution is 7.88. The minimum atomic E-state index is -3.43. The van der Waals surface area contributed by atoms with Crippen molar-refractivity contribution in [3.8, 4) is 0 Å². The summed E-state index contributed by atoms with van der Waals surface area (Å²) in [6, 6.07) is 6.80. The molecule has 7 nitrogen and oxygen atoms in total. The van der Waals surface area contributed by atoms with Gasteiger partial charge in [0.25, 0.3) is 5.91 Å². The Labute approximate surface area is 165 Å². The number of nitrogens with one attached hydrogen (secondary N) is 2. The number of benzene rings is 1. The summed E-state index contributed by atoms with van der Waals surface area (Å²) in [5, 5.41) is 2.78. The van der Waals surface area contributed by atoms with Crippen molar-refractivity contribution in [1.82, 2.24) is 4.72 Å². The molecule has 1 fully saturated rings. The molecule has 3 rings (SSSR count). The van der Waals surface area contributed by atoms with E-state index in [4.69, 9.17) is 9.47 Å². The second kappa shape index (κ2) is 9.00. The lowest BCUT2D eigenvalue weighted by molar-refractivity contribution is -0.164. The number of amides is 1. The summed E-state index contributed by atoms with van der Waals surface area (Å²) in [7, 11) is -3.43. The summed E-state index contributed by atoms with van der Waals surface area (Å²) in [5.41, 5.74) is 1.11. The molecular formula is C20H26N2O5S. The molecule has 0 spiro atoms. The molecule has 2 N–H and O–H groups in total. The van der Waals surface area contributed by atoms with Gasteiger partial charge in [0.1, 0.15) is 12.2 Å². The van der Waals surface area contributed by atoms with Gasteiger partial charge in [0, 0.05) is 12.2 Å². The summed E-state index contributed by atoms with van der Waals surface area (Å²) in [5.74, 6) is -0.237. The van der Waals surface area contributed by atoms with Crippen LogP contribution in [0.25, 0.3) is 0 Å². The number of fused-ring (bicyclic) bond motifs is 1. The molecule has 28 heavy (non-hydrogen) atoms. The average Bonchev–Trinajstić information content (AvgIpc) is 2.66. The Morgan fingerprint density at radius 2 is 1.96 bits per heavy atom. The number of hydrogen-bond donors (Lipinski definition) is 2. The van der Waals surface area contributed by atoms with Gasteiger partial charge < -0.3 is 14.8 Å². The lowest BCUT2D eigenvalue weighted by Gasteiger charge is -2.34. The average molecular weight is 407 g/mol. The van der Waals surface area contributed by atoms with Crippen LogP contribution in [-0.2, 0) is 30.0 Å². The Morgan fingerprint density at radius 3 is 2.71 bits per heavy atom. The SMILES string of the molecule is CC(C)CNS(=O)(=O)Cc1cccc(NC(=O)[C@@H]2CO[C@@H]3C=CC=C[C@@H]3O2)c1. The Morgan fingerprint density at radius 1 is 1.21 bits per heavy atom. The van der Waals surface area contributed by atoms with Gasteiger partial charge >= 0.3 is 0 Å². The Kier molecular flexibility index (Phi) is 6.66. The monoisotopic (exact) mass is 406 g/mol. The predicted octanol–water partition coefficient (Wildman–Crippen LogP) is 1.98. The molecule has 152 valence electrons. The molecule has 0 saturated carbocycles. The summed E-state index contributed by atoms with van der Waals surface area (Å²) in [6.45, 7) is 4.44. The fourth-order valence-corrected chi connectivity index (χ4v) is 4.24. The number of carbonyl (C=O) groups is 1. The Balaban J connectivity index is 1.59. The van der Waals surface area contributed by atoms with Crippen molar-refractivity contribution < 1.29 is 22.7 Å². The maximum absolute atomic E-state index is 12.5. The zero-order valence-corrected chi connectivity index (χ0v) is 16.8. The molecule has 1 heterocycles. The van der Waals surface area contributed by atoms with E-state index in [0.717, 1.165) is 0 Å². The van der Waals surface area contributed by atoms with Gasteiger partial charge in [-0.05, 0) is 23.6 Å². The maximum Gasteiger partial charge on any atom is 0.255 e. The number of allylic oxidation sites excluding steroid dienone is 2. The van der Waals surface area contributed by atoms with Gasteiger partial charge in [-0.15, -0.1) is 0 Å². The first kappa shape index (κ1) is 20.7. The summed E-state index contributed by atoms with van der Waals surface area (Å²) in [6.07, 6.45) is 6.34. The second-order valence-electron chi connectivity index (χ2n) is 7.35. The van der Waals surface area contributed by atoms with E-state index in [0.29, 0.717) is 17.8 Å². The van der Waals surface area contributed by atoms with E-state index >= 15 is 0 Å². The molecule has 0 aromatic heterocycles. The smallest absolute Gasteiger partial charge is 0.255 e. The lowest BCUT2D eigenvalue weighted by Crippen LogP contribution is -2.47. The number of sulfonamides is 1. The van der Waals surface area contributed by atoms with Crippen LogP contribution in [0.3, 0.4) is 0 Å². The van der Waals surface area contributed by atoms with Crippen LogP contribution in [0.1, 0.15) is 19.4 Å². The van der Waals surface area contributed by atoms with Crippen LogP contribution in [0.4, 0.5) is 5.69 Å². The van der Waals surface area contributed by atoms with Crippen LogP contribution in [0, 0.1) is 5.92 Å². The normalized spacial score (nSPS) is 24.2. The first-order valence-electron chi connectivity index (χ1n) is 9.31. The molecular weight excluding hydrogens is 380 g/mol. The van der Waals surface area contributed by atoms with E-state index < -0.39 is 16.1 Å². The van der Waals surface area contributed by atoms with Crippen LogP contribution in [-0.4, -0.2) is 45.8 Å². The topological polar surface area (TPSA) is 93.7 Å². The van der Waals surface area contributed by atoms with Gasteiger partial charge in [-0.25, -0.2) is 13.1 Å². The van der Waals surface area contributed by atoms with Crippen LogP contribution >= 0.6 is 0 Å². The highest BCUT2D eigenvalue weighted by atomic mass is 32.2. The highest BCUT2D eigenvalue weighted by Gasteiger charge is 2.33. The molecule has 3 atom stereocenters. The fraction of sp³-hybridized carbons (Fsp3) is 0.450. The third-order valence-electron chi connectivity index (χ3n) is 4.35. The van der Waals surface area contributed by atoms with Crippen molar-refractivity contribution in [2.75, 3.05) is 18.5 Å². The van der Waals surface area contributed by atoms with E-state index in [1.807, 2.05) is 38.2 Å². The molecule has 1 aliphatic carbocycles. The fourth-order valence-electron chi connectivity index (χ4n) is 2.93. The van der Waals surface area contributed by atoms with Gasteiger partial charge in [0.2, 0.25) is 10.0 Å². The molecule has 1 aromatic rings. The maximum atomic E-state index is 12.5. The van der Waals surface area contributed by atoms with Gasteiger partial charge in [0.15, 0.2) is 6.10 Å². The standard InChI is InChI=1S/C20H26N2O5S/c1-14(2)11-21-28(24,25)13-15-6-5-7-16(10-15)22-20(23)19-12-26-17-8-3-4-9-18(17)27-19/h3-10,14,17-19,21H,11-13H2,1-2H3,(H,22,23)/t17-,18+,19+/m1/s1. The van der Waals surface area contributed by atoms with Crippen LogP contribution in [0.2, 0.25) is 0 Å². The van der Waals surface area contributed by atoms with E-state index in [1.165, 1.54) is 0 Å².